The van der Waals surface area contributed by atoms with Crippen LogP contribution in [0.3, 0.4) is 0 Å². The SMILES string of the molecule is COc1cc([N+](=O)[O-])cc2sc(NC(=O)COc3cc(C)ccc3C(C)C)nc12. The van der Waals surface area contributed by atoms with E-state index in [1.165, 1.54) is 19.2 Å². The minimum absolute atomic E-state index is 0.0973. The molecule has 1 amide bonds. The Hall–Kier alpha value is -3.20. The van der Waals surface area contributed by atoms with E-state index in [1.807, 2.05) is 25.1 Å². The average Bonchev–Trinajstić information content (AvgIpc) is 3.07. The largest absolute Gasteiger partial charge is 0.494 e. The Kier molecular flexibility index (Phi) is 5.97. The number of non-ortho nitro benzene ring substituents is 1. The Morgan fingerprint density at radius 1 is 1.28 bits per heavy atom. The van der Waals surface area contributed by atoms with Crippen molar-refractivity contribution in [3.63, 3.8) is 0 Å². The van der Waals surface area contributed by atoms with Crippen molar-refractivity contribution in [3.8, 4) is 11.5 Å². The number of nitro groups is 1. The second kappa shape index (κ2) is 8.44. The predicted octanol–water partition coefficient (Wildman–Crippen LogP) is 4.66. The summed E-state index contributed by atoms with van der Waals surface area (Å²) in [4.78, 5) is 27.2. The summed E-state index contributed by atoms with van der Waals surface area (Å²) in [5, 5.41) is 14.1. The molecule has 29 heavy (non-hydrogen) atoms. The molecule has 1 aromatic heterocycles. The van der Waals surface area contributed by atoms with Crippen LogP contribution in [0.4, 0.5) is 10.8 Å². The molecule has 9 heteroatoms. The van der Waals surface area contributed by atoms with Gasteiger partial charge in [-0.3, -0.25) is 20.2 Å². The summed E-state index contributed by atoms with van der Waals surface area (Å²) in [6.45, 7) is 5.91. The number of nitro benzene ring substituents is 1. The molecule has 1 N–H and O–H groups in total. The number of aromatic nitrogens is 1. The van der Waals surface area contributed by atoms with Crippen molar-refractivity contribution < 1.29 is 19.2 Å². The highest BCUT2D eigenvalue weighted by Gasteiger charge is 2.18. The van der Waals surface area contributed by atoms with E-state index in [2.05, 4.69) is 24.1 Å². The van der Waals surface area contributed by atoms with Gasteiger partial charge in [0.2, 0.25) is 0 Å². The molecule has 3 aromatic rings. The van der Waals surface area contributed by atoms with Gasteiger partial charge in [0.05, 0.1) is 22.8 Å². The van der Waals surface area contributed by atoms with Gasteiger partial charge in [-0.05, 0) is 30.0 Å². The summed E-state index contributed by atoms with van der Waals surface area (Å²) >= 11 is 1.14. The number of aryl methyl sites for hydroxylation is 1. The van der Waals surface area contributed by atoms with E-state index in [1.54, 1.807) is 0 Å². The minimum Gasteiger partial charge on any atom is -0.494 e. The fourth-order valence-corrected chi connectivity index (χ4v) is 3.77. The molecule has 0 unspecified atom stereocenters. The van der Waals surface area contributed by atoms with Crippen molar-refractivity contribution in [2.45, 2.75) is 26.7 Å². The van der Waals surface area contributed by atoms with Crippen molar-refractivity contribution in [2.75, 3.05) is 19.0 Å². The van der Waals surface area contributed by atoms with E-state index in [0.29, 0.717) is 21.1 Å². The Morgan fingerprint density at radius 2 is 2.03 bits per heavy atom. The highest BCUT2D eigenvalue weighted by atomic mass is 32.1. The lowest BCUT2D eigenvalue weighted by Gasteiger charge is -2.14. The van der Waals surface area contributed by atoms with Crippen LogP contribution in [0.1, 0.15) is 30.9 Å². The Balaban J connectivity index is 1.75. The van der Waals surface area contributed by atoms with Crippen molar-refractivity contribution in [3.05, 3.63) is 51.6 Å². The number of benzene rings is 2. The fraction of sp³-hybridized carbons (Fsp3) is 0.300. The van der Waals surface area contributed by atoms with Crippen LogP contribution in [0.5, 0.6) is 11.5 Å². The van der Waals surface area contributed by atoms with Gasteiger partial charge >= 0.3 is 0 Å². The number of hydrogen-bond donors (Lipinski definition) is 1. The van der Waals surface area contributed by atoms with E-state index < -0.39 is 4.92 Å². The summed E-state index contributed by atoms with van der Waals surface area (Å²) in [5.74, 6) is 0.857. The first-order valence-electron chi connectivity index (χ1n) is 8.94. The van der Waals surface area contributed by atoms with Crippen LogP contribution in [0.15, 0.2) is 30.3 Å². The number of carbonyl (C=O) groups excluding carboxylic acids is 1. The molecule has 0 atom stereocenters. The van der Waals surface area contributed by atoms with Gasteiger partial charge in [0.15, 0.2) is 17.5 Å². The summed E-state index contributed by atoms with van der Waals surface area (Å²) in [6.07, 6.45) is 0. The molecule has 0 radical (unpaired) electrons. The predicted molar refractivity (Wildman–Crippen MR) is 112 cm³/mol. The topological polar surface area (TPSA) is 104 Å². The zero-order chi connectivity index (χ0) is 21.1. The Bertz CT molecular complexity index is 1080. The second-order valence-corrected chi connectivity index (χ2v) is 7.83. The number of rotatable bonds is 7. The van der Waals surface area contributed by atoms with Crippen LogP contribution in [-0.2, 0) is 4.79 Å². The molecule has 152 valence electrons. The number of amides is 1. The molecule has 0 aliphatic rings. The highest BCUT2D eigenvalue weighted by molar-refractivity contribution is 7.22. The van der Waals surface area contributed by atoms with Gasteiger partial charge in [-0.1, -0.05) is 37.3 Å². The smallest absolute Gasteiger partial charge is 0.274 e. The summed E-state index contributed by atoms with van der Waals surface area (Å²) < 4.78 is 11.5. The molecule has 0 bridgehead atoms. The first-order chi connectivity index (χ1) is 13.8. The Labute approximate surface area is 171 Å². The van der Waals surface area contributed by atoms with E-state index in [4.69, 9.17) is 9.47 Å². The van der Waals surface area contributed by atoms with Gasteiger partial charge in [0.25, 0.3) is 11.6 Å². The van der Waals surface area contributed by atoms with Crippen LogP contribution in [0, 0.1) is 17.0 Å². The number of methoxy groups -OCH3 is 1. The summed E-state index contributed by atoms with van der Waals surface area (Å²) in [5.41, 5.74) is 2.44. The van der Waals surface area contributed by atoms with Crippen molar-refractivity contribution >= 4 is 38.3 Å². The minimum atomic E-state index is -0.498. The number of nitrogens with zero attached hydrogens (tertiary/aromatic N) is 2. The maximum absolute atomic E-state index is 12.3. The van der Waals surface area contributed by atoms with E-state index in [0.717, 1.165) is 22.5 Å². The van der Waals surface area contributed by atoms with E-state index in [-0.39, 0.29) is 29.9 Å². The molecule has 3 rings (SSSR count). The van der Waals surface area contributed by atoms with Crippen LogP contribution in [-0.4, -0.2) is 29.5 Å². The average molecular weight is 415 g/mol. The van der Waals surface area contributed by atoms with Gasteiger partial charge in [0.1, 0.15) is 11.3 Å². The molecule has 0 aliphatic heterocycles. The van der Waals surface area contributed by atoms with Gasteiger partial charge in [0, 0.05) is 6.07 Å². The van der Waals surface area contributed by atoms with Crippen LogP contribution < -0.4 is 14.8 Å². The molecular weight excluding hydrogens is 394 g/mol. The number of anilines is 1. The second-order valence-electron chi connectivity index (χ2n) is 6.80. The monoisotopic (exact) mass is 415 g/mol. The van der Waals surface area contributed by atoms with Gasteiger partial charge < -0.3 is 9.47 Å². The van der Waals surface area contributed by atoms with Crippen LogP contribution in [0.2, 0.25) is 0 Å². The van der Waals surface area contributed by atoms with Crippen LogP contribution in [0.25, 0.3) is 10.2 Å². The van der Waals surface area contributed by atoms with Crippen molar-refractivity contribution in [1.82, 2.24) is 4.98 Å². The normalized spacial score (nSPS) is 10.9. The van der Waals surface area contributed by atoms with Gasteiger partial charge in [-0.25, -0.2) is 4.98 Å². The summed E-state index contributed by atoms with van der Waals surface area (Å²) in [7, 11) is 1.41. The maximum atomic E-state index is 12.3. The number of carbonyl (C=O) groups is 1. The van der Waals surface area contributed by atoms with Gasteiger partial charge in [-0.15, -0.1) is 0 Å². The quantitative estimate of drug-likeness (QED) is 0.444. The molecule has 0 aliphatic carbocycles. The molecule has 0 spiro atoms. The van der Waals surface area contributed by atoms with Crippen molar-refractivity contribution in [1.29, 1.82) is 0 Å². The number of thiazole rings is 1. The molecule has 8 nitrogen and oxygen atoms in total. The number of fused-ring (bicyclic) bond motifs is 1. The number of hydrogen-bond acceptors (Lipinski definition) is 7. The molecule has 0 fully saturated rings. The number of nitrogens with one attached hydrogen (secondary N) is 1. The lowest BCUT2D eigenvalue weighted by molar-refractivity contribution is -0.384. The third-order valence-corrected chi connectivity index (χ3v) is 5.19. The van der Waals surface area contributed by atoms with E-state index in [9.17, 15) is 14.9 Å². The molecule has 0 saturated carbocycles. The van der Waals surface area contributed by atoms with Crippen LogP contribution >= 0.6 is 11.3 Å². The first kappa shape index (κ1) is 20.5. The van der Waals surface area contributed by atoms with E-state index >= 15 is 0 Å². The zero-order valence-corrected chi connectivity index (χ0v) is 17.3. The van der Waals surface area contributed by atoms with Gasteiger partial charge in [-0.2, -0.15) is 0 Å². The fourth-order valence-electron chi connectivity index (χ4n) is 2.84. The third-order valence-electron chi connectivity index (χ3n) is 4.27. The lowest BCUT2D eigenvalue weighted by atomic mass is 10.0. The Morgan fingerprint density at radius 3 is 2.69 bits per heavy atom. The maximum Gasteiger partial charge on any atom is 0.274 e. The number of ether oxygens (including phenoxy) is 2. The standard InChI is InChI=1S/C20H21N3O5S/c1-11(2)14-6-5-12(3)7-15(14)28-10-18(24)21-20-22-19-16(27-4)8-13(23(25)26)9-17(19)29-20/h5-9,11H,10H2,1-4H3,(H,21,22,24). The molecule has 1 heterocycles. The summed E-state index contributed by atoms with van der Waals surface area (Å²) in [6, 6.07) is 8.63. The first-order valence-corrected chi connectivity index (χ1v) is 9.76. The lowest BCUT2D eigenvalue weighted by Crippen LogP contribution is -2.20. The third kappa shape index (κ3) is 4.62. The molecule has 2 aromatic carbocycles. The highest BCUT2D eigenvalue weighted by Crippen LogP contribution is 2.36. The van der Waals surface area contributed by atoms with Crippen molar-refractivity contribution in [2.24, 2.45) is 0 Å². The molecule has 0 saturated heterocycles. The zero-order valence-electron chi connectivity index (χ0n) is 16.5. The molecular formula is C20H21N3O5S.